The molecule has 0 atom stereocenters. The van der Waals surface area contributed by atoms with Gasteiger partial charge >= 0.3 is 0 Å². The molecule has 15 heteroatoms. The minimum Gasteiger partial charge on any atom is -0.494 e. The molecule has 3 aromatic heterocycles. The Labute approximate surface area is 231 Å². The summed E-state index contributed by atoms with van der Waals surface area (Å²) in [6.45, 7) is 0.549. The van der Waals surface area contributed by atoms with Gasteiger partial charge in [0.05, 0.1) is 54.6 Å². The lowest BCUT2D eigenvalue weighted by Gasteiger charge is -2.15. The number of aromatic nitrogens is 6. The first-order chi connectivity index (χ1) is 19.8. The van der Waals surface area contributed by atoms with Gasteiger partial charge in [0.1, 0.15) is 5.52 Å². The van der Waals surface area contributed by atoms with Crippen molar-refractivity contribution in [1.29, 1.82) is 0 Å². The minimum absolute atomic E-state index is 0.0937. The van der Waals surface area contributed by atoms with Gasteiger partial charge in [0, 0.05) is 30.6 Å². The second kappa shape index (κ2) is 12.6. The zero-order valence-corrected chi connectivity index (χ0v) is 22.1. The first kappa shape index (κ1) is 28.6. The van der Waals surface area contributed by atoms with Gasteiger partial charge < -0.3 is 30.5 Å². The SMILES string of the molecule is CNCc1cnc(NC(=O)c2ccc(-c3c(F)c(OC)cc(OC)c3F)c3nccnc23)[nH]1.Nc1ncc(C=O)[nH]1. The van der Waals surface area contributed by atoms with Crippen molar-refractivity contribution in [2.45, 2.75) is 6.54 Å². The molecular formula is C26H25F2N9O4. The summed E-state index contributed by atoms with van der Waals surface area (Å²) in [6.07, 6.45) is 6.39. The van der Waals surface area contributed by atoms with Crippen LogP contribution < -0.4 is 25.8 Å². The number of rotatable bonds is 8. The van der Waals surface area contributed by atoms with Crippen molar-refractivity contribution >= 4 is 35.1 Å². The van der Waals surface area contributed by atoms with Gasteiger partial charge in [-0.1, -0.05) is 6.07 Å². The molecule has 5 rings (SSSR count). The maximum atomic E-state index is 15.1. The molecule has 13 nitrogen and oxygen atoms in total. The molecule has 0 spiro atoms. The molecule has 0 saturated carbocycles. The summed E-state index contributed by atoms with van der Waals surface area (Å²) in [7, 11) is 4.32. The van der Waals surface area contributed by atoms with Gasteiger partial charge in [-0.2, -0.15) is 0 Å². The van der Waals surface area contributed by atoms with E-state index in [1.807, 2.05) is 0 Å². The summed E-state index contributed by atoms with van der Waals surface area (Å²) >= 11 is 0. The van der Waals surface area contributed by atoms with Gasteiger partial charge in [0.2, 0.25) is 5.95 Å². The predicted octanol–water partition coefficient (Wildman–Crippen LogP) is 3.09. The fraction of sp³-hybridized carbons (Fsp3) is 0.154. The van der Waals surface area contributed by atoms with E-state index in [0.717, 1.165) is 11.8 Å². The number of imidazole rings is 2. The number of benzene rings is 2. The van der Waals surface area contributed by atoms with E-state index < -0.39 is 23.1 Å². The van der Waals surface area contributed by atoms with Crippen LogP contribution in [-0.4, -0.2) is 63.4 Å². The number of nitrogens with one attached hydrogen (secondary N) is 4. The normalized spacial score (nSPS) is 10.6. The number of aldehydes is 1. The van der Waals surface area contributed by atoms with Crippen molar-refractivity contribution in [3.63, 3.8) is 0 Å². The first-order valence-corrected chi connectivity index (χ1v) is 11.9. The van der Waals surface area contributed by atoms with Gasteiger partial charge in [-0.05, 0) is 13.1 Å². The number of fused-ring (bicyclic) bond motifs is 1. The number of nitrogens with two attached hydrogens (primary N) is 1. The van der Waals surface area contributed by atoms with Crippen LogP contribution in [0.5, 0.6) is 11.5 Å². The van der Waals surface area contributed by atoms with Crippen molar-refractivity contribution in [1.82, 2.24) is 35.2 Å². The van der Waals surface area contributed by atoms with Crippen molar-refractivity contribution in [2.75, 3.05) is 32.3 Å². The molecule has 6 N–H and O–H groups in total. The molecule has 2 aromatic carbocycles. The highest BCUT2D eigenvalue weighted by molar-refractivity contribution is 6.13. The van der Waals surface area contributed by atoms with E-state index in [4.69, 9.17) is 15.2 Å². The third-order valence-corrected chi connectivity index (χ3v) is 5.68. The highest BCUT2D eigenvalue weighted by Gasteiger charge is 2.25. The number of amides is 1. The molecule has 0 aliphatic heterocycles. The summed E-state index contributed by atoms with van der Waals surface area (Å²) in [5.74, 6) is -2.23. The Bertz CT molecular complexity index is 1680. The van der Waals surface area contributed by atoms with E-state index in [2.05, 4.69) is 40.5 Å². The number of ether oxygens (including phenoxy) is 2. The Morgan fingerprint density at radius 1 is 1.00 bits per heavy atom. The minimum atomic E-state index is -0.924. The monoisotopic (exact) mass is 565 g/mol. The van der Waals surface area contributed by atoms with Crippen LogP contribution in [0.25, 0.3) is 22.2 Å². The average molecular weight is 566 g/mol. The molecule has 0 aliphatic rings. The molecule has 0 aliphatic carbocycles. The van der Waals surface area contributed by atoms with Gasteiger partial charge in [-0.3, -0.25) is 24.9 Å². The van der Waals surface area contributed by atoms with Crippen LogP contribution in [-0.2, 0) is 6.54 Å². The van der Waals surface area contributed by atoms with Crippen molar-refractivity contribution < 1.29 is 27.8 Å². The van der Waals surface area contributed by atoms with E-state index in [9.17, 15) is 9.59 Å². The Morgan fingerprint density at radius 3 is 2.24 bits per heavy atom. The van der Waals surface area contributed by atoms with E-state index in [1.165, 1.54) is 44.9 Å². The second-order valence-corrected chi connectivity index (χ2v) is 8.28. The van der Waals surface area contributed by atoms with Crippen LogP contribution in [0.4, 0.5) is 20.7 Å². The average Bonchev–Trinajstić information content (AvgIpc) is 3.61. The molecule has 5 aromatic rings. The number of anilines is 2. The summed E-state index contributed by atoms with van der Waals surface area (Å²) in [5.41, 5.74) is 6.47. The molecule has 0 saturated heterocycles. The van der Waals surface area contributed by atoms with Gasteiger partial charge in [0.15, 0.2) is 35.4 Å². The first-order valence-electron chi connectivity index (χ1n) is 11.9. The largest absolute Gasteiger partial charge is 0.494 e. The molecule has 0 unspecified atom stereocenters. The molecule has 0 fully saturated rings. The zero-order valence-electron chi connectivity index (χ0n) is 22.1. The number of hydrogen-bond acceptors (Lipinski definition) is 10. The lowest BCUT2D eigenvalue weighted by atomic mass is 9.99. The van der Waals surface area contributed by atoms with Crippen molar-refractivity contribution in [3.8, 4) is 22.6 Å². The van der Waals surface area contributed by atoms with Crippen LogP contribution >= 0.6 is 0 Å². The predicted molar refractivity (Wildman–Crippen MR) is 146 cm³/mol. The lowest BCUT2D eigenvalue weighted by Crippen LogP contribution is -2.14. The topological polar surface area (TPSA) is 186 Å². The number of nitrogens with zero attached hydrogens (tertiary/aromatic N) is 4. The van der Waals surface area contributed by atoms with Crippen LogP contribution in [0, 0.1) is 11.6 Å². The number of carbonyl (C=O) groups excluding carboxylic acids is 2. The summed E-state index contributed by atoms with van der Waals surface area (Å²) < 4.78 is 40.3. The fourth-order valence-electron chi connectivity index (χ4n) is 3.85. The maximum Gasteiger partial charge on any atom is 0.260 e. The number of H-pyrrole nitrogens is 2. The van der Waals surface area contributed by atoms with E-state index in [1.54, 1.807) is 13.2 Å². The highest BCUT2D eigenvalue weighted by Crippen LogP contribution is 2.40. The fourth-order valence-corrected chi connectivity index (χ4v) is 3.85. The van der Waals surface area contributed by atoms with Gasteiger partial charge in [-0.25, -0.2) is 18.7 Å². The number of carbonyl (C=O) groups is 2. The van der Waals surface area contributed by atoms with Crippen LogP contribution in [0.1, 0.15) is 26.5 Å². The summed E-state index contributed by atoms with van der Waals surface area (Å²) in [5, 5.41) is 5.63. The Balaban J connectivity index is 0.000000417. The number of halogens is 2. The van der Waals surface area contributed by atoms with Crippen LogP contribution in [0.15, 0.2) is 43.0 Å². The lowest BCUT2D eigenvalue weighted by molar-refractivity contribution is 0.102. The van der Waals surface area contributed by atoms with Crippen molar-refractivity contribution in [2.24, 2.45) is 0 Å². The summed E-state index contributed by atoms with van der Waals surface area (Å²) in [4.78, 5) is 44.5. The molecule has 0 radical (unpaired) electrons. The molecule has 41 heavy (non-hydrogen) atoms. The molecule has 212 valence electrons. The molecule has 3 heterocycles. The molecule has 0 bridgehead atoms. The number of hydrogen-bond donors (Lipinski definition) is 5. The highest BCUT2D eigenvalue weighted by atomic mass is 19.1. The smallest absolute Gasteiger partial charge is 0.260 e. The third kappa shape index (κ3) is 6.09. The Hall–Kier alpha value is -5.44. The third-order valence-electron chi connectivity index (χ3n) is 5.68. The van der Waals surface area contributed by atoms with Crippen LogP contribution in [0.3, 0.4) is 0 Å². The van der Waals surface area contributed by atoms with Crippen LogP contribution in [0.2, 0.25) is 0 Å². The van der Waals surface area contributed by atoms with E-state index in [0.29, 0.717) is 18.5 Å². The maximum absolute atomic E-state index is 15.1. The number of aromatic amines is 2. The second-order valence-electron chi connectivity index (χ2n) is 8.28. The van der Waals surface area contributed by atoms with Gasteiger partial charge in [0.25, 0.3) is 5.91 Å². The number of methoxy groups -OCH3 is 2. The quantitative estimate of drug-likeness (QED) is 0.175. The van der Waals surface area contributed by atoms with E-state index in [-0.39, 0.29) is 45.6 Å². The zero-order chi connectivity index (χ0) is 29.5. The van der Waals surface area contributed by atoms with Gasteiger partial charge in [-0.15, -0.1) is 0 Å². The Kier molecular flexibility index (Phi) is 8.79. The standard InChI is InChI=1S/C22H20F2N6O3.C4H5N3O/c1-25-9-11-10-28-22(29-11)30-21(31)13-5-4-12(19-20(13)27-7-6-26-19)16-17(23)14(32-2)8-15(33-3)18(16)24;5-4-6-1-3(2-8)7-4/h4-8,10,25H,9H2,1-3H3,(H2,28,29,30,31);1-2H,(H3,5,6,7). The number of nitrogen functional groups attached to an aromatic ring is 1. The Morgan fingerprint density at radius 2 is 1.68 bits per heavy atom. The molecule has 1 amide bonds. The summed E-state index contributed by atoms with van der Waals surface area (Å²) in [6, 6.07) is 3.94. The van der Waals surface area contributed by atoms with Crippen molar-refractivity contribution in [3.05, 3.63) is 71.6 Å². The van der Waals surface area contributed by atoms with E-state index >= 15 is 8.78 Å². The molecular weight excluding hydrogens is 540 g/mol.